The molecule has 2 atom stereocenters. The fourth-order valence-corrected chi connectivity index (χ4v) is 2.27. The lowest BCUT2D eigenvalue weighted by Gasteiger charge is -2.27. The summed E-state index contributed by atoms with van der Waals surface area (Å²) in [5.41, 5.74) is 2.81. The predicted molar refractivity (Wildman–Crippen MR) is 84.5 cm³/mol. The monoisotopic (exact) mass is 262 g/mol. The highest BCUT2D eigenvalue weighted by molar-refractivity contribution is 5.25. The number of nitrogens with zero attached hydrogens (tertiary/aromatic N) is 1. The van der Waals surface area contributed by atoms with E-state index in [2.05, 4.69) is 69.2 Å². The average molecular weight is 262 g/mol. The van der Waals surface area contributed by atoms with Gasteiger partial charge in [-0.15, -0.1) is 0 Å². The normalized spacial score (nSPS) is 14.6. The van der Waals surface area contributed by atoms with E-state index in [0.717, 1.165) is 13.1 Å². The van der Waals surface area contributed by atoms with Crippen molar-refractivity contribution in [1.29, 1.82) is 0 Å². The first kappa shape index (κ1) is 16.2. The minimum atomic E-state index is 0.555. The van der Waals surface area contributed by atoms with Crippen molar-refractivity contribution in [2.45, 2.75) is 59.2 Å². The molecular formula is C17H30N2. The maximum Gasteiger partial charge on any atom is 0.0236 e. The van der Waals surface area contributed by atoms with E-state index in [9.17, 15) is 0 Å². The first-order chi connectivity index (χ1) is 9.04. The van der Waals surface area contributed by atoms with Gasteiger partial charge >= 0.3 is 0 Å². The lowest BCUT2D eigenvalue weighted by atomic mass is 10.1. The first-order valence-corrected chi connectivity index (χ1v) is 7.52. The van der Waals surface area contributed by atoms with E-state index < -0.39 is 0 Å². The van der Waals surface area contributed by atoms with Crippen LogP contribution >= 0.6 is 0 Å². The Morgan fingerprint density at radius 3 is 2.53 bits per heavy atom. The summed E-state index contributed by atoms with van der Waals surface area (Å²) in [5.74, 6) is 0. The largest absolute Gasteiger partial charge is 0.313 e. The summed E-state index contributed by atoms with van der Waals surface area (Å²) in [4.78, 5) is 2.42. The molecule has 1 aromatic rings. The van der Waals surface area contributed by atoms with Crippen molar-refractivity contribution in [3.8, 4) is 0 Å². The highest BCUT2D eigenvalue weighted by atomic mass is 15.1. The van der Waals surface area contributed by atoms with Gasteiger partial charge in [-0.1, -0.05) is 37.6 Å². The van der Waals surface area contributed by atoms with Crippen molar-refractivity contribution in [1.82, 2.24) is 10.2 Å². The van der Waals surface area contributed by atoms with Crippen LogP contribution in [0.2, 0.25) is 0 Å². The van der Waals surface area contributed by atoms with Crippen molar-refractivity contribution >= 4 is 0 Å². The number of rotatable bonds is 8. The molecule has 0 aliphatic carbocycles. The number of hydrogen-bond donors (Lipinski definition) is 1. The van der Waals surface area contributed by atoms with E-state index in [1.165, 1.54) is 24.0 Å². The molecule has 2 unspecified atom stereocenters. The molecule has 0 aliphatic rings. The van der Waals surface area contributed by atoms with Crippen molar-refractivity contribution in [3.05, 3.63) is 35.4 Å². The van der Waals surface area contributed by atoms with Gasteiger partial charge in [0.1, 0.15) is 0 Å². The van der Waals surface area contributed by atoms with E-state index in [1.807, 2.05) is 0 Å². The molecule has 0 saturated heterocycles. The zero-order valence-corrected chi connectivity index (χ0v) is 13.2. The van der Waals surface area contributed by atoms with Crippen LogP contribution in [0.1, 0.15) is 44.7 Å². The van der Waals surface area contributed by atoms with Crippen LogP contribution in [0.25, 0.3) is 0 Å². The minimum absolute atomic E-state index is 0.555. The molecule has 1 aromatic carbocycles. The van der Waals surface area contributed by atoms with Crippen LogP contribution in [0.5, 0.6) is 0 Å². The summed E-state index contributed by atoms with van der Waals surface area (Å²) in [6.07, 6.45) is 2.51. The predicted octanol–water partition coefficient (Wildman–Crippen LogP) is 3.59. The van der Waals surface area contributed by atoms with Gasteiger partial charge in [-0.05, 0) is 45.4 Å². The Bertz CT molecular complexity index is 362. The molecule has 0 spiro atoms. The second kappa shape index (κ2) is 8.34. The summed E-state index contributed by atoms with van der Waals surface area (Å²) >= 11 is 0. The summed E-state index contributed by atoms with van der Waals surface area (Å²) in [7, 11) is 2.21. The summed E-state index contributed by atoms with van der Waals surface area (Å²) in [6, 6.07) is 9.83. The van der Waals surface area contributed by atoms with Crippen molar-refractivity contribution < 1.29 is 0 Å². The number of aryl methyl sites for hydroxylation is 1. The summed E-state index contributed by atoms with van der Waals surface area (Å²) in [6.45, 7) is 11.1. The number of nitrogens with one attached hydrogen (secondary N) is 1. The number of likely N-dealkylation sites (N-methyl/N-ethyl adjacent to an activating group) is 1. The molecule has 0 radical (unpaired) electrons. The van der Waals surface area contributed by atoms with Gasteiger partial charge in [-0.3, -0.25) is 4.90 Å². The molecule has 0 amide bonds. The zero-order valence-electron chi connectivity index (χ0n) is 13.2. The van der Waals surface area contributed by atoms with Crippen molar-refractivity contribution in [2.75, 3.05) is 13.6 Å². The van der Waals surface area contributed by atoms with Crippen LogP contribution in [0.15, 0.2) is 24.3 Å². The first-order valence-electron chi connectivity index (χ1n) is 7.52. The fourth-order valence-electron chi connectivity index (χ4n) is 2.27. The highest BCUT2D eigenvalue weighted by Gasteiger charge is 2.11. The summed E-state index contributed by atoms with van der Waals surface area (Å²) < 4.78 is 0. The third kappa shape index (κ3) is 5.75. The second-order valence-electron chi connectivity index (χ2n) is 5.79. The van der Waals surface area contributed by atoms with Crippen LogP contribution in [0.4, 0.5) is 0 Å². The van der Waals surface area contributed by atoms with Crippen molar-refractivity contribution in [3.63, 3.8) is 0 Å². The van der Waals surface area contributed by atoms with Crippen molar-refractivity contribution in [2.24, 2.45) is 0 Å². The van der Waals surface area contributed by atoms with Gasteiger partial charge in [0, 0.05) is 25.2 Å². The van der Waals surface area contributed by atoms with E-state index >= 15 is 0 Å². The Balaban J connectivity index is 2.40. The molecule has 0 aromatic heterocycles. The van der Waals surface area contributed by atoms with Gasteiger partial charge in [0.05, 0.1) is 0 Å². The van der Waals surface area contributed by atoms with Gasteiger partial charge in [0.25, 0.3) is 0 Å². The Morgan fingerprint density at radius 2 is 1.89 bits per heavy atom. The second-order valence-corrected chi connectivity index (χ2v) is 5.79. The molecule has 0 bridgehead atoms. The van der Waals surface area contributed by atoms with Crippen LogP contribution in [-0.2, 0) is 6.54 Å². The maximum absolute atomic E-state index is 3.62. The Kier molecular flexibility index (Phi) is 7.11. The SMILES string of the molecule is CCCC(C)NCC(C)N(C)Cc1ccccc1C. The van der Waals surface area contributed by atoms with Gasteiger partial charge in [0.15, 0.2) is 0 Å². The van der Waals surface area contributed by atoms with E-state index in [-0.39, 0.29) is 0 Å². The Hall–Kier alpha value is -0.860. The number of hydrogen-bond acceptors (Lipinski definition) is 2. The van der Waals surface area contributed by atoms with E-state index in [4.69, 9.17) is 0 Å². The molecule has 1 rings (SSSR count). The van der Waals surface area contributed by atoms with Gasteiger partial charge in [-0.2, -0.15) is 0 Å². The maximum atomic E-state index is 3.62. The topological polar surface area (TPSA) is 15.3 Å². The molecule has 0 heterocycles. The third-order valence-corrected chi connectivity index (χ3v) is 3.92. The lowest BCUT2D eigenvalue weighted by Crippen LogP contribution is -2.40. The van der Waals surface area contributed by atoms with E-state index in [0.29, 0.717) is 12.1 Å². The molecule has 19 heavy (non-hydrogen) atoms. The van der Waals surface area contributed by atoms with Crippen LogP contribution in [0, 0.1) is 6.92 Å². The molecule has 0 aliphatic heterocycles. The average Bonchev–Trinajstić information content (AvgIpc) is 2.39. The van der Waals surface area contributed by atoms with Gasteiger partial charge in [-0.25, -0.2) is 0 Å². The standard InChI is InChI=1S/C17H30N2/c1-6-9-15(3)18-12-16(4)19(5)13-17-11-8-7-10-14(17)2/h7-8,10-11,15-16,18H,6,9,12-13H2,1-5H3. The number of benzene rings is 1. The molecule has 0 saturated carbocycles. The minimum Gasteiger partial charge on any atom is -0.313 e. The van der Waals surface area contributed by atoms with Crippen LogP contribution in [0.3, 0.4) is 0 Å². The van der Waals surface area contributed by atoms with Gasteiger partial charge in [0.2, 0.25) is 0 Å². The Morgan fingerprint density at radius 1 is 1.21 bits per heavy atom. The van der Waals surface area contributed by atoms with Gasteiger partial charge < -0.3 is 5.32 Å². The third-order valence-electron chi connectivity index (χ3n) is 3.92. The molecule has 108 valence electrons. The smallest absolute Gasteiger partial charge is 0.0236 e. The molecule has 2 heteroatoms. The van der Waals surface area contributed by atoms with E-state index in [1.54, 1.807) is 0 Å². The summed E-state index contributed by atoms with van der Waals surface area (Å²) in [5, 5.41) is 3.62. The van der Waals surface area contributed by atoms with Crippen LogP contribution in [-0.4, -0.2) is 30.6 Å². The lowest BCUT2D eigenvalue weighted by molar-refractivity contribution is 0.236. The zero-order chi connectivity index (χ0) is 14.3. The quantitative estimate of drug-likeness (QED) is 0.770. The highest BCUT2D eigenvalue weighted by Crippen LogP contribution is 2.11. The Labute approximate surface area is 119 Å². The fraction of sp³-hybridized carbons (Fsp3) is 0.647. The molecule has 1 N–H and O–H groups in total. The molecule has 0 fully saturated rings. The molecular weight excluding hydrogens is 232 g/mol. The van der Waals surface area contributed by atoms with Crippen LogP contribution < -0.4 is 5.32 Å². The molecule has 2 nitrogen and oxygen atoms in total.